The molecule has 2 bridgehead atoms. The highest BCUT2D eigenvalue weighted by molar-refractivity contribution is 5.12. The lowest BCUT2D eigenvalue weighted by Gasteiger charge is -2.27. The molecule has 0 saturated heterocycles. The highest BCUT2D eigenvalue weighted by Crippen LogP contribution is 2.52. The highest BCUT2D eigenvalue weighted by atomic mass is 15.6. The maximum atomic E-state index is 5.73. The molecule has 0 spiro atoms. The Hall–Kier alpha value is -1.13. The molecule has 1 aromatic rings. The Morgan fingerprint density at radius 2 is 2.27 bits per heavy atom. The van der Waals surface area contributed by atoms with Crippen LogP contribution in [-0.4, -0.2) is 20.2 Å². The van der Waals surface area contributed by atoms with Gasteiger partial charge in [0.2, 0.25) is 5.95 Å². The van der Waals surface area contributed by atoms with E-state index in [2.05, 4.69) is 22.4 Å². The second-order valence-electron chi connectivity index (χ2n) is 5.06. The number of tetrazole rings is 1. The lowest BCUT2D eigenvalue weighted by Crippen LogP contribution is -2.24. The van der Waals surface area contributed by atoms with E-state index in [1.54, 1.807) is 4.68 Å². The van der Waals surface area contributed by atoms with Crippen LogP contribution in [0, 0.1) is 17.8 Å². The summed E-state index contributed by atoms with van der Waals surface area (Å²) in [6, 6.07) is 0.357. The first-order valence-corrected chi connectivity index (χ1v) is 5.79. The number of hydrogen-bond acceptors (Lipinski definition) is 4. The van der Waals surface area contributed by atoms with Crippen LogP contribution in [0.2, 0.25) is 0 Å². The second-order valence-corrected chi connectivity index (χ2v) is 5.06. The van der Waals surface area contributed by atoms with Crippen molar-refractivity contribution in [1.29, 1.82) is 0 Å². The average Bonchev–Trinajstić information content (AvgIpc) is 2.91. The van der Waals surface area contributed by atoms with Crippen LogP contribution in [0.1, 0.15) is 38.6 Å². The van der Waals surface area contributed by atoms with Gasteiger partial charge in [0.25, 0.3) is 0 Å². The third-order valence-electron chi connectivity index (χ3n) is 4.32. The second kappa shape index (κ2) is 3.18. The maximum Gasteiger partial charge on any atom is 0.240 e. The molecule has 2 aliphatic carbocycles. The first kappa shape index (κ1) is 9.12. The van der Waals surface area contributed by atoms with Gasteiger partial charge in [-0.3, -0.25) is 0 Å². The number of fused-ring (bicyclic) bond motifs is 2. The van der Waals surface area contributed by atoms with Crippen molar-refractivity contribution in [3.05, 3.63) is 0 Å². The molecule has 5 heteroatoms. The van der Waals surface area contributed by atoms with Gasteiger partial charge in [-0.2, -0.15) is 0 Å². The van der Waals surface area contributed by atoms with Crippen molar-refractivity contribution in [2.24, 2.45) is 17.8 Å². The Morgan fingerprint density at radius 3 is 2.80 bits per heavy atom. The van der Waals surface area contributed by atoms with E-state index in [0.717, 1.165) is 17.8 Å². The molecule has 1 heterocycles. The molecule has 15 heavy (non-hydrogen) atoms. The van der Waals surface area contributed by atoms with E-state index in [1.165, 1.54) is 25.7 Å². The summed E-state index contributed by atoms with van der Waals surface area (Å²) in [4.78, 5) is 0. The Morgan fingerprint density at radius 1 is 1.40 bits per heavy atom. The average molecular weight is 207 g/mol. The molecule has 0 radical (unpaired) electrons. The van der Waals surface area contributed by atoms with E-state index < -0.39 is 0 Å². The SMILES string of the molecule is CC(C1CC2CCC1C2)n1nnnc1N. The molecular formula is C10H17N5. The van der Waals surface area contributed by atoms with Crippen molar-refractivity contribution in [1.82, 2.24) is 20.2 Å². The van der Waals surface area contributed by atoms with Crippen molar-refractivity contribution >= 4 is 5.95 Å². The van der Waals surface area contributed by atoms with Crippen molar-refractivity contribution in [3.63, 3.8) is 0 Å². The summed E-state index contributed by atoms with van der Waals surface area (Å²) < 4.78 is 1.78. The number of rotatable bonds is 2. The van der Waals surface area contributed by atoms with Crippen LogP contribution in [-0.2, 0) is 0 Å². The predicted octanol–water partition coefficient (Wildman–Crippen LogP) is 1.25. The fraction of sp³-hybridized carbons (Fsp3) is 0.900. The molecule has 2 aliphatic rings. The number of hydrogen-bond donors (Lipinski definition) is 1. The Balaban J connectivity index is 1.81. The zero-order valence-corrected chi connectivity index (χ0v) is 9.00. The molecule has 1 aromatic heterocycles. The molecule has 5 nitrogen and oxygen atoms in total. The summed E-state index contributed by atoms with van der Waals surface area (Å²) in [6.07, 6.45) is 5.57. The minimum Gasteiger partial charge on any atom is -0.367 e. The van der Waals surface area contributed by atoms with Gasteiger partial charge >= 0.3 is 0 Å². The lowest BCUT2D eigenvalue weighted by atomic mass is 9.84. The first-order valence-electron chi connectivity index (χ1n) is 5.79. The molecule has 4 atom stereocenters. The molecule has 0 aliphatic heterocycles. The standard InChI is InChI=1S/C10H17N5/c1-6(15-10(11)12-13-14-15)9-5-7-2-3-8(9)4-7/h6-9H,2-5H2,1H3,(H2,11,12,14). The van der Waals surface area contributed by atoms with Gasteiger partial charge in [-0.05, 0) is 54.4 Å². The summed E-state index contributed by atoms with van der Waals surface area (Å²) in [5, 5.41) is 11.3. The number of anilines is 1. The van der Waals surface area contributed by atoms with Crippen LogP contribution in [0.5, 0.6) is 0 Å². The topological polar surface area (TPSA) is 69.6 Å². The van der Waals surface area contributed by atoms with Crippen LogP contribution in [0.15, 0.2) is 0 Å². The Bertz CT molecular complexity index is 360. The van der Waals surface area contributed by atoms with Gasteiger partial charge < -0.3 is 5.73 Å². The highest BCUT2D eigenvalue weighted by Gasteiger charge is 2.42. The maximum absolute atomic E-state index is 5.73. The van der Waals surface area contributed by atoms with Crippen LogP contribution in [0.25, 0.3) is 0 Å². The van der Waals surface area contributed by atoms with E-state index in [-0.39, 0.29) is 0 Å². The summed E-state index contributed by atoms with van der Waals surface area (Å²) in [6.45, 7) is 2.19. The van der Waals surface area contributed by atoms with Gasteiger partial charge in [-0.15, -0.1) is 0 Å². The number of nitrogen functional groups attached to an aromatic ring is 1. The Labute approximate surface area is 89.0 Å². The monoisotopic (exact) mass is 207 g/mol. The molecule has 0 aromatic carbocycles. The normalized spacial score (nSPS) is 35.9. The lowest BCUT2D eigenvalue weighted by molar-refractivity contribution is 0.230. The van der Waals surface area contributed by atoms with Crippen molar-refractivity contribution in [3.8, 4) is 0 Å². The minimum absolute atomic E-state index is 0.357. The summed E-state index contributed by atoms with van der Waals surface area (Å²) in [5.74, 6) is 3.02. The zero-order valence-electron chi connectivity index (χ0n) is 9.00. The van der Waals surface area contributed by atoms with E-state index in [1.807, 2.05) is 0 Å². The molecule has 3 rings (SSSR count). The summed E-state index contributed by atoms with van der Waals surface area (Å²) in [7, 11) is 0. The third-order valence-corrected chi connectivity index (χ3v) is 4.32. The molecule has 2 fully saturated rings. The van der Waals surface area contributed by atoms with Gasteiger partial charge in [0.05, 0.1) is 6.04 Å². The van der Waals surface area contributed by atoms with E-state index >= 15 is 0 Å². The summed E-state index contributed by atoms with van der Waals surface area (Å²) >= 11 is 0. The number of aromatic nitrogens is 4. The Kier molecular flexibility index (Phi) is 1.94. The fourth-order valence-corrected chi connectivity index (χ4v) is 3.56. The zero-order chi connectivity index (χ0) is 10.4. The van der Waals surface area contributed by atoms with Crippen LogP contribution >= 0.6 is 0 Å². The molecular weight excluding hydrogens is 190 g/mol. The number of nitrogens with zero attached hydrogens (tertiary/aromatic N) is 4. The largest absolute Gasteiger partial charge is 0.367 e. The van der Waals surface area contributed by atoms with Crippen molar-refractivity contribution in [2.75, 3.05) is 5.73 Å². The molecule has 4 unspecified atom stereocenters. The molecule has 82 valence electrons. The first-order chi connectivity index (χ1) is 7.25. The fourth-order valence-electron chi connectivity index (χ4n) is 3.56. The predicted molar refractivity (Wildman–Crippen MR) is 55.9 cm³/mol. The summed E-state index contributed by atoms with van der Waals surface area (Å²) in [5.41, 5.74) is 5.73. The van der Waals surface area contributed by atoms with Crippen molar-refractivity contribution < 1.29 is 0 Å². The van der Waals surface area contributed by atoms with Crippen LogP contribution in [0.3, 0.4) is 0 Å². The van der Waals surface area contributed by atoms with Crippen molar-refractivity contribution in [2.45, 2.75) is 38.6 Å². The van der Waals surface area contributed by atoms with Gasteiger partial charge in [0, 0.05) is 0 Å². The van der Waals surface area contributed by atoms with E-state index in [0.29, 0.717) is 12.0 Å². The van der Waals surface area contributed by atoms with E-state index in [4.69, 9.17) is 5.73 Å². The van der Waals surface area contributed by atoms with E-state index in [9.17, 15) is 0 Å². The van der Waals surface area contributed by atoms with Gasteiger partial charge in [0.15, 0.2) is 0 Å². The third kappa shape index (κ3) is 1.33. The number of nitrogens with two attached hydrogens (primary N) is 1. The quantitative estimate of drug-likeness (QED) is 0.792. The minimum atomic E-state index is 0.357. The van der Waals surface area contributed by atoms with Crippen LogP contribution < -0.4 is 5.73 Å². The molecule has 2 saturated carbocycles. The van der Waals surface area contributed by atoms with Crippen LogP contribution in [0.4, 0.5) is 5.95 Å². The van der Waals surface area contributed by atoms with Gasteiger partial charge in [-0.1, -0.05) is 11.5 Å². The molecule has 0 amide bonds. The van der Waals surface area contributed by atoms with Gasteiger partial charge in [-0.25, -0.2) is 4.68 Å². The smallest absolute Gasteiger partial charge is 0.240 e. The molecule has 2 N–H and O–H groups in total. The van der Waals surface area contributed by atoms with Gasteiger partial charge in [0.1, 0.15) is 0 Å².